The van der Waals surface area contributed by atoms with Gasteiger partial charge in [0, 0.05) is 16.9 Å². The standard InChI is InChI=1S/C21H25N5/c1-4-17-9-8-10-18(13-17)24-21(22)23-14-20-15(2)25-26(16(20)3)19-11-6-5-7-12-19/h5-13H,4,14H2,1-3H3,(H3,22,23,24). The van der Waals surface area contributed by atoms with Crippen molar-refractivity contribution in [1.29, 1.82) is 0 Å². The van der Waals surface area contributed by atoms with Gasteiger partial charge in [0.05, 0.1) is 17.9 Å². The van der Waals surface area contributed by atoms with Gasteiger partial charge < -0.3 is 11.1 Å². The summed E-state index contributed by atoms with van der Waals surface area (Å²) in [7, 11) is 0. The number of aromatic nitrogens is 2. The van der Waals surface area contributed by atoms with Crippen molar-refractivity contribution in [2.24, 2.45) is 10.7 Å². The molecule has 26 heavy (non-hydrogen) atoms. The number of aryl methyl sites for hydroxylation is 2. The van der Waals surface area contributed by atoms with Crippen molar-refractivity contribution in [2.75, 3.05) is 5.32 Å². The van der Waals surface area contributed by atoms with Crippen LogP contribution >= 0.6 is 0 Å². The SMILES string of the molecule is CCc1cccc(NC(N)=NCc2c(C)nn(-c3ccccc3)c2C)c1. The summed E-state index contributed by atoms with van der Waals surface area (Å²) in [5.74, 6) is 0.407. The quantitative estimate of drug-likeness (QED) is 0.542. The first-order valence-corrected chi connectivity index (χ1v) is 8.85. The third-order valence-electron chi connectivity index (χ3n) is 4.46. The average Bonchev–Trinajstić information content (AvgIpc) is 2.95. The largest absolute Gasteiger partial charge is 0.370 e. The molecule has 0 amide bonds. The number of rotatable bonds is 5. The van der Waals surface area contributed by atoms with Gasteiger partial charge in [0.2, 0.25) is 0 Å². The number of guanidine groups is 1. The van der Waals surface area contributed by atoms with Gasteiger partial charge in [-0.25, -0.2) is 9.67 Å². The molecule has 134 valence electrons. The Labute approximate surface area is 154 Å². The van der Waals surface area contributed by atoms with E-state index in [4.69, 9.17) is 5.73 Å². The lowest BCUT2D eigenvalue weighted by Gasteiger charge is -2.07. The fourth-order valence-corrected chi connectivity index (χ4v) is 2.95. The van der Waals surface area contributed by atoms with Crippen LogP contribution in [0.3, 0.4) is 0 Å². The Morgan fingerprint density at radius 2 is 1.88 bits per heavy atom. The lowest BCUT2D eigenvalue weighted by molar-refractivity contribution is 0.832. The van der Waals surface area contributed by atoms with Crippen LogP contribution in [0.5, 0.6) is 0 Å². The first kappa shape index (κ1) is 17.7. The fourth-order valence-electron chi connectivity index (χ4n) is 2.95. The molecule has 1 heterocycles. The predicted octanol–water partition coefficient (Wildman–Crippen LogP) is 3.98. The summed E-state index contributed by atoms with van der Waals surface area (Å²) in [6.45, 7) is 6.70. The van der Waals surface area contributed by atoms with E-state index in [0.29, 0.717) is 12.5 Å². The number of nitrogens with one attached hydrogen (secondary N) is 1. The van der Waals surface area contributed by atoms with Crippen LogP contribution < -0.4 is 11.1 Å². The summed E-state index contributed by atoms with van der Waals surface area (Å²) in [5, 5.41) is 7.82. The second-order valence-corrected chi connectivity index (χ2v) is 6.28. The van der Waals surface area contributed by atoms with Crippen LogP contribution in [0, 0.1) is 13.8 Å². The second-order valence-electron chi connectivity index (χ2n) is 6.28. The maximum absolute atomic E-state index is 6.07. The average molecular weight is 347 g/mol. The number of para-hydroxylation sites is 1. The molecule has 1 aromatic heterocycles. The molecule has 0 saturated heterocycles. The third kappa shape index (κ3) is 3.94. The molecule has 0 bridgehead atoms. The summed E-state index contributed by atoms with van der Waals surface area (Å²) in [5.41, 5.74) is 12.5. The van der Waals surface area contributed by atoms with Gasteiger partial charge >= 0.3 is 0 Å². The maximum atomic E-state index is 6.07. The third-order valence-corrected chi connectivity index (χ3v) is 4.46. The van der Waals surface area contributed by atoms with Crippen molar-refractivity contribution in [1.82, 2.24) is 9.78 Å². The van der Waals surface area contributed by atoms with E-state index in [1.54, 1.807) is 0 Å². The molecule has 5 heteroatoms. The Morgan fingerprint density at radius 3 is 2.62 bits per heavy atom. The van der Waals surface area contributed by atoms with Crippen LogP contribution in [0.2, 0.25) is 0 Å². The molecule has 0 aliphatic rings. The molecule has 0 aliphatic heterocycles. The molecule has 0 radical (unpaired) electrons. The van der Waals surface area contributed by atoms with Crippen molar-refractivity contribution in [3.63, 3.8) is 0 Å². The van der Waals surface area contributed by atoms with E-state index in [0.717, 1.165) is 34.7 Å². The monoisotopic (exact) mass is 347 g/mol. The highest BCUT2D eigenvalue weighted by molar-refractivity contribution is 5.92. The molecule has 3 aromatic rings. The molecular weight excluding hydrogens is 322 g/mol. The summed E-state index contributed by atoms with van der Waals surface area (Å²) < 4.78 is 1.95. The van der Waals surface area contributed by atoms with Crippen LogP contribution in [-0.2, 0) is 13.0 Å². The second kappa shape index (κ2) is 7.87. The van der Waals surface area contributed by atoms with Gasteiger partial charge in [0.15, 0.2) is 5.96 Å². The minimum Gasteiger partial charge on any atom is -0.370 e. The Bertz CT molecular complexity index is 909. The van der Waals surface area contributed by atoms with E-state index in [9.17, 15) is 0 Å². The molecule has 0 atom stereocenters. The Balaban J connectivity index is 1.76. The van der Waals surface area contributed by atoms with E-state index in [1.807, 2.05) is 54.1 Å². The van der Waals surface area contributed by atoms with E-state index in [1.165, 1.54) is 5.56 Å². The van der Waals surface area contributed by atoms with Gasteiger partial charge in [-0.1, -0.05) is 37.3 Å². The first-order valence-electron chi connectivity index (χ1n) is 8.85. The molecule has 0 spiro atoms. The molecule has 2 aromatic carbocycles. The van der Waals surface area contributed by atoms with Crippen LogP contribution in [-0.4, -0.2) is 15.7 Å². The number of aliphatic imine (C=N–C) groups is 1. The lowest BCUT2D eigenvalue weighted by Crippen LogP contribution is -2.22. The van der Waals surface area contributed by atoms with Crippen molar-refractivity contribution < 1.29 is 0 Å². The van der Waals surface area contributed by atoms with Gasteiger partial charge in [-0.3, -0.25) is 0 Å². The zero-order chi connectivity index (χ0) is 18.5. The molecule has 3 N–H and O–H groups in total. The minimum absolute atomic E-state index is 0.407. The lowest BCUT2D eigenvalue weighted by atomic mass is 10.1. The summed E-state index contributed by atoms with van der Waals surface area (Å²) >= 11 is 0. The number of hydrogen-bond acceptors (Lipinski definition) is 2. The van der Waals surface area contributed by atoms with Gasteiger partial charge in [-0.2, -0.15) is 5.10 Å². The van der Waals surface area contributed by atoms with Crippen LogP contribution in [0.15, 0.2) is 59.6 Å². The minimum atomic E-state index is 0.407. The highest BCUT2D eigenvalue weighted by Crippen LogP contribution is 2.18. The maximum Gasteiger partial charge on any atom is 0.193 e. The normalized spacial score (nSPS) is 11.6. The van der Waals surface area contributed by atoms with E-state index in [2.05, 4.69) is 41.4 Å². The number of anilines is 1. The van der Waals surface area contributed by atoms with Crippen molar-refractivity contribution in [2.45, 2.75) is 33.7 Å². The van der Waals surface area contributed by atoms with Crippen molar-refractivity contribution in [3.05, 3.63) is 77.1 Å². The van der Waals surface area contributed by atoms with E-state index >= 15 is 0 Å². The van der Waals surface area contributed by atoms with E-state index < -0.39 is 0 Å². The molecule has 0 unspecified atom stereocenters. The number of hydrogen-bond donors (Lipinski definition) is 2. The Kier molecular flexibility index (Phi) is 5.37. The summed E-state index contributed by atoms with van der Waals surface area (Å²) in [4.78, 5) is 4.50. The molecule has 0 saturated carbocycles. The first-order chi connectivity index (χ1) is 12.6. The van der Waals surface area contributed by atoms with Crippen LogP contribution in [0.1, 0.15) is 29.4 Å². The Hall–Kier alpha value is -3.08. The highest BCUT2D eigenvalue weighted by Gasteiger charge is 2.12. The van der Waals surface area contributed by atoms with Crippen molar-refractivity contribution in [3.8, 4) is 5.69 Å². The summed E-state index contributed by atoms with van der Waals surface area (Å²) in [6, 6.07) is 18.3. The molecule has 5 nitrogen and oxygen atoms in total. The molecular formula is C21H25N5. The number of nitrogens with zero attached hydrogens (tertiary/aromatic N) is 3. The predicted molar refractivity (Wildman–Crippen MR) is 108 cm³/mol. The zero-order valence-electron chi connectivity index (χ0n) is 15.5. The van der Waals surface area contributed by atoms with Gasteiger partial charge in [-0.05, 0) is 50.1 Å². The van der Waals surface area contributed by atoms with Crippen molar-refractivity contribution >= 4 is 11.6 Å². The Morgan fingerprint density at radius 1 is 1.12 bits per heavy atom. The molecule has 0 fully saturated rings. The van der Waals surface area contributed by atoms with Gasteiger partial charge in [0.25, 0.3) is 0 Å². The number of benzene rings is 2. The molecule has 3 rings (SSSR count). The highest BCUT2D eigenvalue weighted by atomic mass is 15.3. The van der Waals surface area contributed by atoms with Crippen LogP contribution in [0.4, 0.5) is 5.69 Å². The summed E-state index contributed by atoms with van der Waals surface area (Å²) in [6.07, 6.45) is 0.990. The van der Waals surface area contributed by atoms with Crippen LogP contribution in [0.25, 0.3) is 5.69 Å². The molecule has 0 aliphatic carbocycles. The topological polar surface area (TPSA) is 68.2 Å². The zero-order valence-corrected chi connectivity index (χ0v) is 15.5. The smallest absolute Gasteiger partial charge is 0.193 e. The fraction of sp³-hybridized carbons (Fsp3) is 0.238. The van der Waals surface area contributed by atoms with E-state index in [-0.39, 0.29) is 0 Å². The van der Waals surface area contributed by atoms with Gasteiger partial charge in [-0.15, -0.1) is 0 Å². The number of nitrogens with two attached hydrogens (primary N) is 1. The van der Waals surface area contributed by atoms with Gasteiger partial charge in [0.1, 0.15) is 0 Å².